The summed E-state index contributed by atoms with van der Waals surface area (Å²) in [5.41, 5.74) is 3.49. The van der Waals surface area contributed by atoms with Crippen molar-refractivity contribution in [3.8, 4) is 5.69 Å². The van der Waals surface area contributed by atoms with E-state index in [1.165, 1.54) is 0 Å². The number of nitrogens with one attached hydrogen (secondary N) is 1. The fraction of sp³-hybridized carbons (Fsp3) is 0.308. The van der Waals surface area contributed by atoms with Gasteiger partial charge < -0.3 is 15.0 Å². The van der Waals surface area contributed by atoms with Crippen LogP contribution < -0.4 is 5.32 Å². The van der Waals surface area contributed by atoms with Gasteiger partial charge in [-0.1, -0.05) is 30.3 Å². The highest BCUT2D eigenvalue weighted by Gasteiger charge is 2.35. The molecule has 0 radical (unpaired) electrons. The quantitative estimate of drug-likeness (QED) is 0.512. The summed E-state index contributed by atoms with van der Waals surface area (Å²) in [7, 11) is -3.69. The number of anilines is 1. The normalized spacial score (nSPS) is 16.7. The lowest BCUT2D eigenvalue weighted by Gasteiger charge is -2.32. The Bertz CT molecular complexity index is 1490. The molecule has 5 rings (SSSR count). The van der Waals surface area contributed by atoms with Gasteiger partial charge in [0.05, 0.1) is 28.7 Å². The summed E-state index contributed by atoms with van der Waals surface area (Å²) >= 11 is 0. The van der Waals surface area contributed by atoms with Crippen LogP contribution in [0.5, 0.6) is 0 Å². The molecule has 3 aromatic rings. The van der Waals surface area contributed by atoms with E-state index in [1.807, 2.05) is 42.2 Å². The van der Waals surface area contributed by atoms with Crippen molar-refractivity contribution >= 4 is 33.4 Å². The molecule has 0 bridgehead atoms. The molecule has 1 saturated heterocycles. The third-order valence-electron chi connectivity index (χ3n) is 6.64. The van der Waals surface area contributed by atoms with E-state index in [2.05, 4.69) is 14.8 Å². The van der Waals surface area contributed by atoms with E-state index in [0.29, 0.717) is 48.7 Å². The first-order chi connectivity index (χ1) is 17.7. The average Bonchev–Trinajstić information content (AvgIpc) is 3.35. The number of hydrogen-bond donors (Lipinski definition) is 1. The first-order valence-electron chi connectivity index (χ1n) is 12.0. The summed E-state index contributed by atoms with van der Waals surface area (Å²) in [6.07, 6.45) is 0.952. The first-order valence-corrected chi connectivity index (χ1v) is 13.5. The Morgan fingerprint density at radius 3 is 2.43 bits per heavy atom. The number of esters is 1. The van der Waals surface area contributed by atoms with Gasteiger partial charge in [0.1, 0.15) is 4.90 Å². The average molecular weight is 522 g/mol. The summed E-state index contributed by atoms with van der Waals surface area (Å²) in [4.78, 5) is 27.3. The number of rotatable bonds is 5. The second-order valence-corrected chi connectivity index (χ2v) is 10.7. The fourth-order valence-corrected chi connectivity index (χ4v) is 5.95. The molecule has 10 nitrogen and oxygen atoms in total. The van der Waals surface area contributed by atoms with Crippen LogP contribution in [0.1, 0.15) is 29.8 Å². The maximum absolute atomic E-state index is 12.6. The summed E-state index contributed by atoms with van der Waals surface area (Å²) in [6.45, 7) is 4.20. The molecule has 0 spiro atoms. The van der Waals surface area contributed by atoms with Gasteiger partial charge in [-0.15, -0.1) is 4.40 Å². The van der Waals surface area contributed by atoms with E-state index in [4.69, 9.17) is 4.74 Å². The van der Waals surface area contributed by atoms with Gasteiger partial charge in [0.2, 0.25) is 0 Å². The minimum absolute atomic E-state index is 0.206. The summed E-state index contributed by atoms with van der Waals surface area (Å²) in [5.74, 6) is -0.831. The molecule has 1 aromatic heterocycles. The van der Waals surface area contributed by atoms with Gasteiger partial charge >= 0.3 is 5.97 Å². The van der Waals surface area contributed by atoms with Crippen LogP contribution in [-0.2, 0) is 24.3 Å². The molecule has 1 N–H and O–H groups in total. The Hall–Kier alpha value is -3.99. The van der Waals surface area contributed by atoms with Crippen LogP contribution in [0.15, 0.2) is 63.9 Å². The summed E-state index contributed by atoms with van der Waals surface area (Å²) < 4.78 is 35.7. The highest BCUT2D eigenvalue weighted by Crippen LogP contribution is 2.30. The van der Waals surface area contributed by atoms with Crippen LogP contribution in [0.3, 0.4) is 0 Å². The number of amides is 1. The number of para-hydroxylation sites is 1. The number of benzene rings is 2. The zero-order valence-electron chi connectivity index (χ0n) is 20.5. The zero-order chi connectivity index (χ0) is 26.2. The van der Waals surface area contributed by atoms with Crippen molar-refractivity contribution in [1.82, 2.24) is 14.7 Å². The Kier molecular flexibility index (Phi) is 6.55. The van der Waals surface area contributed by atoms with Gasteiger partial charge in [0, 0.05) is 18.7 Å². The number of aromatic nitrogens is 2. The Balaban J connectivity index is 1.15. The first kappa shape index (κ1) is 24.7. The monoisotopic (exact) mass is 521 g/mol. The van der Waals surface area contributed by atoms with Crippen LogP contribution in [0.4, 0.5) is 5.69 Å². The Morgan fingerprint density at radius 1 is 1.03 bits per heavy atom. The molecule has 11 heteroatoms. The number of carbonyl (C=O) groups excluding carboxylic acids is 2. The SMILES string of the molecule is Cc1nn(-c2ccccc2)c(C)c1NC(=O)COC(=O)C1CCN(C2=NS(=O)(=O)c3ccccc32)CC1. The van der Waals surface area contributed by atoms with Crippen molar-refractivity contribution < 1.29 is 22.7 Å². The van der Waals surface area contributed by atoms with Crippen LogP contribution in [0, 0.1) is 19.8 Å². The van der Waals surface area contributed by atoms with Gasteiger partial charge in [0.15, 0.2) is 12.4 Å². The van der Waals surface area contributed by atoms with Gasteiger partial charge in [-0.25, -0.2) is 4.68 Å². The van der Waals surface area contributed by atoms with Gasteiger partial charge in [-0.2, -0.15) is 13.5 Å². The Labute approximate surface area is 215 Å². The number of carbonyl (C=O) groups is 2. The number of piperidine rings is 1. The lowest BCUT2D eigenvalue weighted by Crippen LogP contribution is -2.41. The molecule has 2 aromatic carbocycles. The van der Waals surface area contributed by atoms with Gasteiger partial charge in [-0.05, 0) is 51.0 Å². The van der Waals surface area contributed by atoms with Crippen molar-refractivity contribution in [2.75, 3.05) is 25.0 Å². The van der Waals surface area contributed by atoms with E-state index in [0.717, 1.165) is 11.4 Å². The maximum Gasteiger partial charge on any atom is 0.309 e. The standard InChI is InChI=1S/C26H27N5O5S/c1-17-24(18(2)31(28-17)20-8-4-3-5-9-20)27-23(32)16-36-26(33)19-12-14-30(15-13-19)25-21-10-6-7-11-22(21)37(34,35)29-25/h3-11,19H,12-16H2,1-2H3,(H,27,32). The number of amidine groups is 1. The third-order valence-corrected chi connectivity index (χ3v) is 7.97. The molecule has 192 valence electrons. The second-order valence-electron chi connectivity index (χ2n) is 9.10. The van der Waals surface area contributed by atoms with E-state index in [-0.39, 0.29) is 10.8 Å². The third kappa shape index (κ3) is 4.86. The van der Waals surface area contributed by atoms with Crippen LogP contribution in [-0.4, -0.2) is 60.5 Å². The van der Waals surface area contributed by atoms with Gasteiger partial charge in [0.25, 0.3) is 15.9 Å². The predicted octanol–water partition coefficient (Wildman–Crippen LogP) is 2.83. The topological polar surface area (TPSA) is 123 Å². The van der Waals surface area contributed by atoms with E-state index < -0.39 is 28.5 Å². The predicted molar refractivity (Wildman–Crippen MR) is 137 cm³/mol. The number of likely N-dealkylation sites (tertiary alicyclic amines) is 1. The molecule has 0 atom stereocenters. The summed E-state index contributed by atoms with van der Waals surface area (Å²) in [6, 6.07) is 16.3. The van der Waals surface area contributed by atoms with E-state index in [1.54, 1.807) is 35.9 Å². The maximum atomic E-state index is 12.6. The largest absolute Gasteiger partial charge is 0.455 e. The molecule has 1 amide bonds. The molecule has 1 fully saturated rings. The number of nitrogens with zero attached hydrogens (tertiary/aromatic N) is 4. The number of aryl methyl sites for hydroxylation is 1. The highest BCUT2D eigenvalue weighted by molar-refractivity contribution is 7.90. The van der Waals surface area contributed by atoms with E-state index in [9.17, 15) is 18.0 Å². The summed E-state index contributed by atoms with van der Waals surface area (Å²) in [5, 5.41) is 7.32. The lowest BCUT2D eigenvalue weighted by atomic mass is 9.96. The van der Waals surface area contributed by atoms with Crippen molar-refractivity contribution in [2.24, 2.45) is 10.3 Å². The van der Waals surface area contributed by atoms with Crippen molar-refractivity contribution in [3.05, 3.63) is 71.5 Å². The number of ether oxygens (including phenoxy) is 1. The molecular formula is C26H27N5O5S. The molecule has 0 unspecified atom stereocenters. The number of fused-ring (bicyclic) bond motifs is 1. The highest BCUT2D eigenvalue weighted by atomic mass is 32.2. The molecule has 3 heterocycles. The van der Waals surface area contributed by atoms with Gasteiger partial charge in [-0.3, -0.25) is 9.59 Å². The minimum Gasteiger partial charge on any atom is -0.455 e. The van der Waals surface area contributed by atoms with E-state index >= 15 is 0 Å². The van der Waals surface area contributed by atoms with Crippen LogP contribution in [0.2, 0.25) is 0 Å². The lowest BCUT2D eigenvalue weighted by molar-refractivity contribution is -0.152. The molecule has 0 aliphatic carbocycles. The second kappa shape index (κ2) is 9.81. The fourth-order valence-electron chi connectivity index (χ4n) is 4.72. The Morgan fingerprint density at radius 2 is 1.70 bits per heavy atom. The van der Waals surface area contributed by atoms with Crippen molar-refractivity contribution in [1.29, 1.82) is 0 Å². The molecule has 37 heavy (non-hydrogen) atoms. The number of sulfonamides is 1. The van der Waals surface area contributed by atoms with Crippen LogP contribution >= 0.6 is 0 Å². The smallest absolute Gasteiger partial charge is 0.309 e. The molecular weight excluding hydrogens is 494 g/mol. The van der Waals surface area contributed by atoms with Crippen LogP contribution in [0.25, 0.3) is 5.69 Å². The van der Waals surface area contributed by atoms with Crippen molar-refractivity contribution in [3.63, 3.8) is 0 Å². The van der Waals surface area contributed by atoms with Crippen molar-refractivity contribution in [2.45, 2.75) is 31.6 Å². The molecule has 2 aliphatic heterocycles. The zero-order valence-corrected chi connectivity index (χ0v) is 21.4. The molecule has 2 aliphatic rings. The molecule has 0 saturated carbocycles. The minimum atomic E-state index is -3.69. The number of hydrogen-bond acceptors (Lipinski definition) is 7.